The van der Waals surface area contributed by atoms with E-state index in [4.69, 9.17) is 16.3 Å². The molecule has 1 aliphatic heterocycles. The van der Waals surface area contributed by atoms with Crippen molar-refractivity contribution in [1.82, 2.24) is 20.0 Å². The topological polar surface area (TPSA) is 61.5 Å². The highest BCUT2D eigenvalue weighted by molar-refractivity contribution is 6.30. The predicted molar refractivity (Wildman–Crippen MR) is 105 cm³/mol. The van der Waals surface area contributed by atoms with Crippen LogP contribution < -0.4 is 4.74 Å². The van der Waals surface area contributed by atoms with Gasteiger partial charge >= 0.3 is 0 Å². The van der Waals surface area contributed by atoms with Gasteiger partial charge in [0.05, 0.1) is 24.4 Å². The largest absolute Gasteiger partial charge is 0.496 e. The number of rotatable bonds is 4. The Morgan fingerprint density at radius 2 is 2.04 bits per heavy atom. The van der Waals surface area contributed by atoms with Gasteiger partial charge in [-0.25, -0.2) is 0 Å². The van der Waals surface area contributed by atoms with Crippen molar-refractivity contribution < 1.29 is 9.53 Å². The van der Waals surface area contributed by atoms with Gasteiger partial charge in [0.25, 0.3) is 5.91 Å². The number of carbonyl (C=O) groups excluding carboxylic acids is 1. The highest BCUT2D eigenvalue weighted by atomic mass is 35.5. The molecule has 0 unspecified atom stereocenters. The Morgan fingerprint density at radius 3 is 2.81 bits per heavy atom. The molecule has 0 saturated carbocycles. The average molecular weight is 385 g/mol. The van der Waals surface area contributed by atoms with Gasteiger partial charge < -0.3 is 9.64 Å². The number of hydrogen-bond donors (Lipinski definition) is 1. The van der Waals surface area contributed by atoms with Crippen LogP contribution in [0.4, 0.5) is 0 Å². The molecule has 7 heteroatoms. The Bertz CT molecular complexity index is 964. The number of nitrogens with one attached hydrogen (secondary N) is 1. The van der Waals surface area contributed by atoms with Crippen molar-refractivity contribution in [3.05, 3.63) is 58.7 Å². The molecule has 2 heterocycles. The van der Waals surface area contributed by atoms with E-state index in [-0.39, 0.29) is 5.91 Å². The minimum Gasteiger partial charge on any atom is -0.496 e. The molecule has 140 valence electrons. The second-order valence-corrected chi connectivity index (χ2v) is 7.10. The fraction of sp³-hybridized carbons (Fsp3) is 0.300. The predicted octanol–water partition coefficient (Wildman–Crippen LogP) is 3.18. The lowest BCUT2D eigenvalue weighted by molar-refractivity contribution is 0.0629. The fourth-order valence-electron chi connectivity index (χ4n) is 3.54. The Labute approximate surface area is 162 Å². The van der Waals surface area contributed by atoms with E-state index < -0.39 is 0 Å². The zero-order valence-electron chi connectivity index (χ0n) is 15.1. The zero-order chi connectivity index (χ0) is 18.8. The second kappa shape index (κ2) is 7.58. The number of hydrogen-bond acceptors (Lipinski definition) is 4. The van der Waals surface area contributed by atoms with E-state index in [1.54, 1.807) is 13.3 Å². The van der Waals surface area contributed by atoms with Crippen molar-refractivity contribution in [3.63, 3.8) is 0 Å². The molecule has 1 amide bonds. The smallest absolute Gasteiger partial charge is 0.256 e. The van der Waals surface area contributed by atoms with Crippen molar-refractivity contribution in [2.24, 2.45) is 0 Å². The molecule has 1 saturated heterocycles. The molecule has 1 fully saturated rings. The standard InChI is InChI=1S/C20H21ClN4O2/c1-27-18-6-5-16(21)11-15(18)13-24-7-9-25(10-8-24)20(26)17-4-2-3-14-12-22-23-19(14)17/h2-6,11-12H,7-10,13H2,1H3,(H,22,23). The summed E-state index contributed by atoms with van der Waals surface area (Å²) in [6.45, 7) is 3.74. The van der Waals surface area contributed by atoms with Crippen molar-refractivity contribution >= 4 is 28.4 Å². The average Bonchev–Trinajstić information content (AvgIpc) is 3.17. The summed E-state index contributed by atoms with van der Waals surface area (Å²) >= 11 is 6.13. The number of methoxy groups -OCH3 is 1. The molecule has 0 atom stereocenters. The van der Waals surface area contributed by atoms with Crippen LogP contribution in [0.5, 0.6) is 5.75 Å². The number of para-hydroxylation sites is 1. The summed E-state index contributed by atoms with van der Waals surface area (Å²) in [5.74, 6) is 0.883. The highest BCUT2D eigenvalue weighted by Crippen LogP contribution is 2.25. The summed E-state index contributed by atoms with van der Waals surface area (Å²) in [6.07, 6.45) is 1.74. The summed E-state index contributed by atoms with van der Waals surface area (Å²) in [7, 11) is 1.67. The van der Waals surface area contributed by atoms with E-state index in [1.807, 2.05) is 41.3 Å². The van der Waals surface area contributed by atoms with E-state index in [2.05, 4.69) is 15.1 Å². The molecule has 0 aliphatic carbocycles. The Hall–Kier alpha value is -2.57. The first-order valence-corrected chi connectivity index (χ1v) is 9.29. The van der Waals surface area contributed by atoms with Crippen LogP contribution in [-0.4, -0.2) is 59.2 Å². The van der Waals surface area contributed by atoms with Gasteiger partial charge in [-0.05, 0) is 24.3 Å². The second-order valence-electron chi connectivity index (χ2n) is 6.66. The van der Waals surface area contributed by atoms with Crippen LogP contribution in [0.2, 0.25) is 5.02 Å². The lowest BCUT2D eigenvalue weighted by Crippen LogP contribution is -2.48. The summed E-state index contributed by atoms with van der Waals surface area (Å²) in [4.78, 5) is 17.2. The van der Waals surface area contributed by atoms with Crippen LogP contribution in [0.1, 0.15) is 15.9 Å². The third-order valence-corrected chi connectivity index (χ3v) is 5.24. The number of carbonyl (C=O) groups is 1. The molecule has 1 aliphatic rings. The number of halogens is 1. The third-order valence-electron chi connectivity index (χ3n) is 5.00. The van der Waals surface area contributed by atoms with Crippen LogP contribution in [0.25, 0.3) is 10.9 Å². The minimum atomic E-state index is 0.0461. The molecule has 0 radical (unpaired) electrons. The Kier molecular flexibility index (Phi) is 5.01. The van der Waals surface area contributed by atoms with Crippen molar-refractivity contribution in [1.29, 1.82) is 0 Å². The Balaban J connectivity index is 1.43. The first kappa shape index (κ1) is 17.8. The van der Waals surface area contributed by atoms with Crippen molar-refractivity contribution in [2.75, 3.05) is 33.3 Å². The first-order chi connectivity index (χ1) is 13.2. The lowest BCUT2D eigenvalue weighted by atomic mass is 10.1. The molecule has 1 N–H and O–H groups in total. The van der Waals surface area contributed by atoms with E-state index in [1.165, 1.54) is 0 Å². The van der Waals surface area contributed by atoms with Gasteiger partial charge in [-0.15, -0.1) is 0 Å². The normalized spacial score (nSPS) is 15.3. The Morgan fingerprint density at radius 1 is 1.22 bits per heavy atom. The van der Waals surface area contributed by atoms with Gasteiger partial charge in [0.2, 0.25) is 0 Å². The number of fused-ring (bicyclic) bond motifs is 1. The van der Waals surface area contributed by atoms with Gasteiger partial charge in [-0.3, -0.25) is 14.8 Å². The van der Waals surface area contributed by atoms with Crippen molar-refractivity contribution in [2.45, 2.75) is 6.54 Å². The molecule has 2 aromatic carbocycles. The summed E-state index contributed by atoms with van der Waals surface area (Å²) < 4.78 is 5.43. The number of ether oxygens (including phenoxy) is 1. The first-order valence-electron chi connectivity index (χ1n) is 8.92. The molecule has 4 rings (SSSR count). The summed E-state index contributed by atoms with van der Waals surface area (Å²) in [5, 5.41) is 8.63. The molecule has 3 aromatic rings. The fourth-order valence-corrected chi connectivity index (χ4v) is 3.73. The highest BCUT2D eigenvalue weighted by Gasteiger charge is 2.24. The number of aromatic nitrogens is 2. The van der Waals surface area contributed by atoms with Crippen LogP contribution in [-0.2, 0) is 6.54 Å². The van der Waals surface area contributed by atoms with Gasteiger partial charge in [-0.2, -0.15) is 5.10 Å². The van der Waals surface area contributed by atoms with E-state index >= 15 is 0 Å². The van der Waals surface area contributed by atoms with Gasteiger partial charge in [-0.1, -0.05) is 23.7 Å². The number of H-pyrrole nitrogens is 1. The van der Waals surface area contributed by atoms with Crippen LogP contribution in [0, 0.1) is 0 Å². The van der Waals surface area contributed by atoms with Gasteiger partial charge in [0.15, 0.2) is 0 Å². The molecule has 0 bridgehead atoms. The minimum absolute atomic E-state index is 0.0461. The van der Waals surface area contributed by atoms with E-state index in [9.17, 15) is 4.79 Å². The summed E-state index contributed by atoms with van der Waals surface area (Å²) in [5.41, 5.74) is 2.54. The molecular weight excluding hydrogens is 364 g/mol. The van der Waals surface area contributed by atoms with Crippen LogP contribution in [0.15, 0.2) is 42.6 Å². The third kappa shape index (κ3) is 3.63. The van der Waals surface area contributed by atoms with E-state index in [0.29, 0.717) is 23.7 Å². The SMILES string of the molecule is COc1ccc(Cl)cc1CN1CCN(C(=O)c2cccc3cn[nH]c23)CC1. The molecule has 27 heavy (non-hydrogen) atoms. The van der Waals surface area contributed by atoms with Crippen molar-refractivity contribution in [3.8, 4) is 5.75 Å². The monoisotopic (exact) mass is 384 g/mol. The van der Waals surface area contributed by atoms with Crippen LogP contribution in [0.3, 0.4) is 0 Å². The summed E-state index contributed by atoms with van der Waals surface area (Å²) in [6, 6.07) is 11.4. The number of benzene rings is 2. The number of aromatic amines is 1. The lowest BCUT2D eigenvalue weighted by Gasteiger charge is -2.35. The van der Waals surface area contributed by atoms with Gasteiger partial charge in [0.1, 0.15) is 5.75 Å². The van der Waals surface area contributed by atoms with E-state index in [0.717, 1.165) is 41.9 Å². The van der Waals surface area contributed by atoms with Gasteiger partial charge in [0, 0.05) is 48.7 Å². The maximum absolute atomic E-state index is 12.9. The maximum atomic E-state index is 12.9. The zero-order valence-corrected chi connectivity index (χ0v) is 15.9. The molecule has 6 nitrogen and oxygen atoms in total. The molecular formula is C20H21ClN4O2. The number of amides is 1. The number of piperazine rings is 1. The quantitative estimate of drug-likeness (QED) is 0.750. The maximum Gasteiger partial charge on any atom is 0.256 e. The van der Waals surface area contributed by atoms with Crippen LogP contribution >= 0.6 is 11.6 Å². The molecule has 1 aromatic heterocycles. The number of nitrogens with zero attached hydrogens (tertiary/aromatic N) is 3. The molecule has 0 spiro atoms.